The van der Waals surface area contributed by atoms with Gasteiger partial charge in [0.05, 0.1) is 57.1 Å². The van der Waals surface area contributed by atoms with Gasteiger partial charge in [-0.2, -0.15) is 0 Å². The highest BCUT2D eigenvalue weighted by atomic mass is 79.9. The average Bonchev–Trinajstić information content (AvgIpc) is 3.52. The fraction of sp³-hybridized carbons (Fsp3) is 0.308. The summed E-state index contributed by atoms with van der Waals surface area (Å²) in [5, 5.41) is 20.9. The zero-order chi connectivity index (χ0) is 41.3. The molecular weight excluding hydrogens is 988 g/mol. The first-order chi connectivity index (χ1) is 26.5. The molecule has 3 heterocycles. The number of esters is 2. The number of carboxylic acids is 1. The summed E-state index contributed by atoms with van der Waals surface area (Å²) >= 11 is 13.8. The van der Waals surface area contributed by atoms with Gasteiger partial charge in [-0.05, 0) is 109 Å². The third-order valence-corrected chi connectivity index (χ3v) is 12.1. The number of benzene rings is 2. The fourth-order valence-electron chi connectivity index (χ4n) is 5.48. The van der Waals surface area contributed by atoms with Crippen LogP contribution in [0.1, 0.15) is 72.3 Å². The molecule has 0 unspecified atom stereocenters. The van der Waals surface area contributed by atoms with Gasteiger partial charge < -0.3 is 33.6 Å². The third kappa shape index (κ3) is 11.0. The lowest BCUT2D eigenvalue weighted by atomic mass is 10.2. The van der Waals surface area contributed by atoms with Crippen molar-refractivity contribution in [3.05, 3.63) is 113 Å². The number of nitrogens with zero attached hydrogens (tertiary/aromatic N) is 4. The van der Waals surface area contributed by atoms with Gasteiger partial charge in [-0.3, -0.25) is 9.69 Å². The summed E-state index contributed by atoms with van der Waals surface area (Å²) in [5.41, 5.74) is 2.19. The molecule has 0 fully saturated rings. The number of aromatic carboxylic acids is 1. The molecular formula is C39H40Br4N4O9. The summed E-state index contributed by atoms with van der Waals surface area (Å²) in [5.74, 6) is -2.62. The van der Waals surface area contributed by atoms with E-state index in [1.807, 2.05) is 65.2 Å². The summed E-state index contributed by atoms with van der Waals surface area (Å²) in [6.07, 6.45) is 0.821. The Morgan fingerprint density at radius 1 is 0.804 bits per heavy atom. The van der Waals surface area contributed by atoms with Crippen molar-refractivity contribution in [2.75, 3.05) is 19.8 Å². The maximum Gasteiger partial charge on any atom is 0.411 e. The molecule has 0 radical (unpaired) electrons. The Hall–Kier alpha value is -4.19. The van der Waals surface area contributed by atoms with Crippen molar-refractivity contribution in [2.45, 2.75) is 59.9 Å². The SMILES string of the molecule is CCOC(=O)CN(Cc1c(C(=O)O)c(Br)c(Br)n1Cc1ccccc1)C(=O)OC(C)(C)C.CCOC(=O)c1ncc2c(c1O)c(Br)c(Br)n2Cc1ccccc1. The van der Waals surface area contributed by atoms with Gasteiger partial charge in [-0.15, -0.1) is 0 Å². The van der Waals surface area contributed by atoms with E-state index in [9.17, 15) is 29.4 Å². The maximum atomic E-state index is 12.9. The summed E-state index contributed by atoms with van der Waals surface area (Å²) in [6, 6.07) is 19.4. The normalized spacial score (nSPS) is 11.1. The number of hydrogen-bond donors (Lipinski definition) is 2. The van der Waals surface area contributed by atoms with E-state index in [0.29, 0.717) is 43.2 Å². The predicted molar refractivity (Wildman–Crippen MR) is 224 cm³/mol. The van der Waals surface area contributed by atoms with E-state index in [-0.39, 0.29) is 43.3 Å². The summed E-state index contributed by atoms with van der Waals surface area (Å²) < 4.78 is 21.4. The van der Waals surface area contributed by atoms with Crippen LogP contribution >= 0.6 is 63.7 Å². The molecule has 0 aliphatic rings. The molecule has 5 aromatic rings. The first-order valence-corrected chi connectivity index (χ1v) is 20.4. The minimum atomic E-state index is -1.17. The topological polar surface area (TPSA) is 162 Å². The predicted octanol–water partition coefficient (Wildman–Crippen LogP) is 9.55. The lowest BCUT2D eigenvalue weighted by molar-refractivity contribution is -0.144. The zero-order valence-corrected chi connectivity index (χ0v) is 37.5. The number of ether oxygens (including phenoxy) is 3. The van der Waals surface area contributed by atoms with E-state index < -0.39 is 29.6 Å². The van der Waals surface area contributed by atoms with Crippen LogP contribution < -0.4 is 0 Å². The van der Waals surface area contributed by atoms with Crippen LogP contribution in [0.15, 0.2) is 85.0 Å². The molecule has 5 rings (SSSR count). The number of halogens is 4. The van der Waals surface area contributed by atoms with Crippen molar-refractivity contribution >= 4 is 98.6 Å². The van der Waals surface area contributed by atoms with Crippen molar-refractivity contribution in [1.29, 1.82) is 0 Å². The van der Waals surface area contributed by atoms with E-state index in [2.05, 4.69) is 68.7 Å². The van der Waals surface area contributed by atoms with E-state index in [4.69, 9.17) is 14.2 Å². The number of fused-ring (bicyclic) bond motifs is 1. The number of pyridine rings is 1. The smallest absolute Gasteiger partial charge is 0.411 e. The van der Waals surface area contributed by atoms with Crippen LogP contribution in [0.3, 0.4) is 0 Å². The number of aromatic hydroxyl groups is 1. The first kappa shape index (κ1) is 44.5. The van der Waals surface area contributed by atoms with Crippen LogP contribution in [-0.2, 0) is 38.6 Å². The number of aromatic nitrogens is 3. The summed E-state index contributed by atoms with van der Waals surface area (Å²) in [6.45, 7) is 9.27. The van der Waals surface area contributed by atoms with E-state index in [0.717, 1.165) is 20.6 Å². The first-order valence-electron chi connectivity index (χ1n) is 17.2. The largest absolute Gasteiger partial charge is 0.505 e. The number of amides is 1. The second kappa shape index (κ2) is 19.8. The Balaban J connectivity index is 0.000000258. The van der Waals surface area contributed by atoms with Crippen LogP contribution in [-0.4, -0.2) is 78.6 Å². The number of carbonyl (C=O) groups is 4. The van der Waals surface area contributed by atoms with Crippen LogP contribution in [0.25, 0.3) is 10.9 Å². The van der Waals surface area contributed by atoms with Crippen molar-refractivity contribution in [3.63, 3.8) is 0 Å². The Bertz CT molecular complexity index is 2200. The zero-order valence-electron chi connectivity index (χ0n) is 31.1. The molecule has 0 saturated heterocycles. The van der Waals surface area contributed by atoms with Crippen LogP contribution in [0, 0.1) is 0 Å². The maximum absolute atomic E-state index is 12.9. The highest BCUT2D eigenvalue weighted by Crippen LogP contribution is 2.41. The third-order valence-electron chi connectivity index (χ3n) is 7.88. The Kier molecular flexibility index (Phi) is 15.7. The molecule has 298 valence electrons. The van der Waals surface area contributed by atoms with Crippen molar-refractivity contribution in [1.82, 2.24) is 19.0 Å². The molecule has 1 amide bonds. The van der Waals surface area contributed by atoms with Crippen molar-refractivity contribution in [2.24, 2.45) is 0 Å². The second-order valence-corrected chi connectivity index (χ2v) is 16.1. The average molecular weight is 1030 g/mol. The molecule has 2 aromatic carbocycles. The van der Waals surface area contributed by atoms with E-state index >= 15 is 0 Å². The standard InChI is InChI=1S/C22H26Br2N2O6.C17H14Br2N2O3/c1-5-31-16(27)13-25(21(30)32-22(2,3)4)12-15-17(20(28)29)18(23)19(24)26(15)11-14-9-7-6-8-10-14;1-2-24-17(23)14-15(22)12-11(8-20-14)21(16(19)13(12)18)9-10-6-4-3-5-7-10/h6-10H,5,11-13H2,1-4H3,(H,28,29);3-8,22H,2,9H2,1H3. The molecule has 56 heavy (non-hydrogen) atoms. The van der Waals surface area contributed by atoms with Gasteiger partial charge in [0, 0.05) is 13.1 Å². The Labute approximate surface area is 357 Å². The lowest BCUT2D eigenvalue weighted by Crippen LogP contribution is -2.40. The van der Waals surface area contributed by atoms with Gasteiger partial charge >= 0.3 is 24.0 Å². The minimum absolute atomic E-state index is 0.00905. The molecule has 13 nitrogen and oxygen atoms in total. The quantitative estimate of drug-likeness (QED) is 0.0910. The van der Waals surface area contributed by atoms with E-state index in [1.54, 1.807) is 45.4 Å². The summed E-state index contributed by atoms with van der Waals surface area (Å²) in [4.78, 5) is 54.3. The molecule has 0 atom stereocenters. The van der Waals surface area contributed by atoms with Gasteiger partial charge in [0.15, 0.2) is 11.4 Å². The molecule has 0 aliphatic carbocycles. The Morgan fingerprint density at radius 3 is 1.86 bits per heavy atom. The van der Waals surface area contributed by atoms with E-state index in [1.165, 1.54) is 0 Å². The van der Waals surface area contributed by atoms with Crippen LogP contribution in [0.4, 0.5) is 4.79 Å². The monoisotopic (exact) mass is 1020 g/mol. The molecule has 2 N–H and O–H groups in total. The van der Waals surface area contributed by atoms with Crippen LogP contribution in [0.2, 0.25) is 0 Å². The van der Waals surface area contributed by atoms with Gasteiger partial charge in [0.25, 0.3) is 0 Å². The fourth-order valence-corrected chi connectivity index (χ4v) is 7.75. The molecule has 3 aromatic heterocycles. The number of carbonyl (C=O) groups excluding carboxylic acids is 3. The van der Waals surface area contributed by atoms with Crippen LogP contribution in [0.5, 0.6) is 5.75 Å². The molecule has 17 heteroatoms. The number of hydrogen-bond acceptors (Lipinski definition) is 9. The number of carboxylic acid groups (broad SMARTS) is 1. The van der Waals surface area contributed by atoms with Gasteiger partial charge in [-0.1, -0.05) is 60.7 Å². The molecule has 0 bridgehead atoms. The number of rotatable bonds is 12. The van der Waals surface area contributed by atoms with Crippen molar-refractivity contribution < 1.29 is 43.6 Å². The minimum Gasteiger partial charge on any atom is -0.505 e. The summed E-state index contributed by atoms with van der Waals surface area (Å²) in [7, 11) is 0. The van der Waals surface area contributed by atoms with Gasteiger partial charge in [0.2, 0.25) is 0 Å². The highest BCUT2D eigenvalue weighted by Gasteiger charge is 2.31. The molecule has 0 saturated carbocycles. The van der Waals surface area contributed by atoms with Crippen molar-refractivity contribution in [3.8, 4) is 5.75 Å². The lowest BCUT2D eigenvalue weighted by Gasteiger charge is -2.27. The molecule has 0 aliphatic heterocycles. The van der Waals surface area contributed by atoms with Gasteiger partial charge in [-0.25, -0.2) is 19.4 Å². The second-order valence-electron chi connectivity index (χ2n) is 13.1. The van der Waals surface area contributed by atoms with Gasteiger partial charge in [0.1, 0.15) is 21.4 Å². The Morgan fingerprint density at radius 2 is 1.34 bits per heavy atom. The molecule has 0 spiro atoms. The highest BCUT2D eigenvalue weighted by molar-refractivity contribution is 9.13.